The van der Waals surface area contributed by atoms with Crippen molar-refractivity contribution in [1.29, 1.82) is 0 Å². The SMILES string of the molecule is C=CCOc1ccccc1[C@H]1CC(O)(C(=O)OCC)Oc2c1c(=O)oc1ccccc21. The molecule has 7 heteroatoms. The molecule has 0 radical (unpaired) electrons. The minimum Gasteiger partial charge on any atom is -0.489 e. The number of ether oxygens (including phenoxy) is 3. The molecule has 1 N–H and O–H groups in total. The molecule has 1 aromatic heterocycles. The van der Waals surface area contributed by atoms with Gasteiger partial charge in [-0.3, -0.25) is 0 Å². The summed E-state index contributed by atoms with van der Waals surface area (Å²) >= 11 is 0. The Morgan fingerprint density at radius 1 is 1.26 bits per heavy atom. The van der Waals surface area contributed by atoms with Crippen molar-refractivity contribution in [3.63, 3.8) is 0 Å². The van der Waals surface area contributed by atoms with Gasteiger partial charge in [0.15, 0.2) is 0 Å². The first-order valence-electron chi connectivity index (χ1n) is 9.95. The molecular weight excluding hydrogens is 400 g/mol. The zero-order valence-electron chi connectivity index (χ0n) is 17.0. The van der Waals surface area contributed by atoms with Gasteiger partial charge in [0.05, 0.1) is 17.6 Å². The molecule has 0 amide bonds. The van der Waals surface area contributed by atoms with E-state index >= 15 is 0 Å². The summed E-state index contributed by atoms with van der Waals surface area (Å²) in [4.78, 5) is 25.6. The topological polar surface area (TPSA) is 95.2 Å². The summed E-state index contributed by atoms with van der Waals surface area (Å²) in [5.41, 5.74) is 0.499. The maximum absolute atomic E-state index is 13.0. The van der Waals surface area contributed by atoms with E-state index in [-0.39, 0.29) is 36.5 Å². The molecule has 1 aliphatic rings. The quantitative estimate of drug-likeness (QED) is 0.369. The van der Waals surface area contributed by atoms with Crippen molar-refractivity contribution in [2.75, 3.05) is 13.2 Å². The Bertz CT molecular complexity index is 1200. The van der Waals surface area contributed by atoms with E-state index < -0.39 is 23.3 Å². The van der Waals surface area contributed by atoms with Crippen LogP contribution < -0.4 is 15.1 Å². The molecule has 2 aromatic carbocycles. The maximum atomic E-state index is 13.0. The molecule has 4 rings (SSSR count). The van der Waals surface area contributed by atoms with Crippen molar-refractivity contribution >= 4 is 16.9 Å². The number of benzene rings is 2. The molecule has 1 unspecified atom stereocenters. The number of carbonyl (C=O) groups excluding carboxylic acids is 1. The van der Waals surface area contributed by atoms with Gasteiger partial charge in [0, 0.05) is 17.9 Å². The number of para-hydroxylation sites is 2. The van der Waals surface area contributed by atoms with E-state index in [0.29, 0.717) is 16.7 Å². The second-order valence-corrected chi connectivity index (χ2v) is 7.13. The van der Waals surface area contributed by atoms with Crippen LogP contribution in [0.1, 0.15) is 30.4 Å². The lowest BCUT2D eigenvalue weighted by atomic mass is 9.82. The zero-order chi connectivity index (χ0) is 22.0. The number of aliphatic hydroxyl groups is 1. The predicted octanol–water partition coefficient (Wildman–Crippen LogP) is 3.52. The van der Waals surface area contributed by atoms with Crippen LogP contribution in [0.3, 0.4) is 0 Å². The van der Waals surface area contributed by atoms with Crippen LogP contribution in [0.5, 0.6) is 11.5 Å². The first-order valence-corrected chi connectivity index (χ1v) is 9.95. The fourth-order valence-corrected chi connectivity index (χ4v) is 3.82. The summed E-state index contributed by atoms with van der Waals surface area (Å²) in [7, 11) is 0. The normalized spacial score (nSPS) is 19.9. The molecule has 0 aliphatic carbocycles. The van der Waals surface area contributed by atoms with E-state index in [2.05, 4.69) is 6.58 Å². The average molecular weight is 422 g/mol. The van der Waals surface area contributed by atoms with Crippen molar-refractivity contribution in [1.82, 2.24) is 0 Å². The van der Waals surface area contributed by atoms with Crippen molar-refractivity contribution in [2.24, 2.45) is 0 Å². The minimum absolute atomic E-state index is 0.0682. The van der Waals surface area contributed by atoms with Crippen molar-refractivity contribution in [3.05, 3.63) is 82.7 Å². The van der Waals surface area contributed by atoms with E-state index in [4.69, 9.17) is 18.6 Å². The van der Waals surface area contributed by atoms with Crippen LogP contribution in [0, 0.1) is 0 Å². The lowest BCUT2D eigenvalue weighted by Gasteiger charge is -2.36. The molecule has 7 nitrogen and oxygen atoms in total. The molecule has 0 fully saturated rings. The Balaban J connectivity index is 1.96. The van der Waals surface area contributed by atoms with Crippen LogP contribution in [0.25, 0.3) is 11.0 Å². The van der Waals surface area contributed by atoms with Gasteiger partial charge in [0.25, 0.3) is 0 Å². The number of hydrogen-bond acceptors (Lipinski definition) is 7. The molecule has 2 heterocycles. The molecule has 1 aliphatic heterocycles. The molecular formula is C24H22O7. The number of esters is 1. The van der Waals surface area contributed by atoms with Gasteiger partial charge in [-0.1, -0.05) is 43.0 Å². The Kier molecular flexibility index (Phi) is 5.52. The van der Waals surface area contributed by atoms with E-state index in [0.717, 1.165) is 0 Å². The summed E-state index contributed by atoms with van der Waals surface area (Å²) in [5, 5.41) is 11.6. The third-order valence-electron chi connectivity index (χ3n) is 5.14. The van der Waals surface area contributed by atoms with E-state index in [1.165, 1.54) is 0 Å². The molecule has 2 atom stereocenters. The highest BCUT2D eigenvalue weighted by Gasteiger charge is 2.50. The second-order valence-electron chi connectivity index (χ2n) is 7.13. The molecule has 0 spiro atoms. The summed E-state index contributed by atoms with van der Waals surface area (Å²) in [6, 6.07) is 13.9. The highest BCUT2D eigenvalue weighted by molar-refractivity contribution is 5.87. The van der Waals surface area contributed by atoms with Gasteiger partial charge in [-0.05, 0) is 25.1 Å². The Hall–Kier alpha value is -3.58. The second kappa shape index (κ2) is 8.28. The van der Waals surface area contributed by atoms with Gasteiger partial charge in [0.2, 0.25) is 0 Å². The Labute approximate surface area is 178 Å². The third kappa shape index (κ3) is 3.68. The molecule has 0 bridgehead atoms. The monoisotopic (exact) mass is 422 g/mol. The summed E-state index contributed by atoms with van der Waals surface area (Å²) in [6.45, 7) is 5.61. The lowest BCUT2D eigenvalue weighted by molar-refractivity contribution is -0.205. The minimum atomic E-state index is -2.28. The van der Waals surface area contributed by atoms with Crippen LogP contribution in [0.15, 0.2) is 70.4 Å². The first-order chi connectivity index (χ1) is 15.0. The smallest absolute Gasteiger partial charge is 0.379 e. The van der Waals surface area contributed by atoms with Gasteiger partial charge >= 0.3 is 17.4 Å². The van der Waals surface area contributed by atoms with Gasteiger partial charge in [-0.15, -0.1) is 0 Å². The van der Waals surface area contributed by atoms with Crippen LogP contribution >= 0.6 is 0 Å². The molecule has 160 valence electrons. The maximum Gasteiger partial charge on any atom is 0.379 e. The summed E-state index contributed by atoms with van der Waals surface area (Å²) in [5.74, 6) is -3.35. The summed E-state index contributed by atoms with van der Waals surface area (Å²) < 4.78 is 22.1. The summed E-state index contributed by atoms with van der Waals surface area (Å²) in [6.07, 6.45) is 1.36. The van der Waals surface area contributed by atoms with Crippen LogP contribution in [0.4, 0.5) is 0 Å². The average Bonchev–Trinajstić information content (AvgIpc) is 2.77. The highest BCUT2D eigenvalue weighted by Crippen LogP contribution is 2.47. The number of rotatable bonds is 6. The number of fused-ring (bicyclic) bond motifs is 3. The fraction of sp³-hybridized carbons (Fsp3) is 0.250. The number of carbonyl (C=O) groups is 1. The van der Waals surface area contributed by atoms with Crippen LogP contribution in [-0.4, -0.2) is 30.1 Å². The zero-order valence-corrected chi connectivity index (χ0v) is 17.0. The van der Waals surface area contributed by atoms with Gasteiger partial charge < -0.3 is 23.7 Å². The first kappa shape index (κ1) is 20.7. The standard InChI is InChI=1S/C24H22O7/c1-3-13-29-18-11-7-5-9-15(18)17-14-24(27,23(26)28-4-2)31-21-16-10-6-8-12-19(16)30-22(25)20(17)21/h3,5-12,17,27H,1,4,13-14H2,2H3/t17-,24?/m1/s1. The van der Waals surface area contributed by atoms with Gasteiger partial charge in [-0.2, -0.15) is 0 Å². The Morgan fingerprint density at radius 2 is 2.00 bits per heavy atom. The van der Waals surface area contributed by atoms with E-state index in [1.54, 1.807) is 61.5 Å². The van der Waals surface area contributed by atoms with E-state index in [1.807, 2.05) is 0 Å². The van der Waals surface area contributed by atoms with Crippen LogP contribution in [0.2, 0.25) is 0 Å². The largest absolute Gasteiger partial charge is 0.489 e. The molecule has 31 heavy (non-hydrogen) atoms. The third-order valence-corrected chi connectivity index (χ3v) is 5.14. The van der Waals surface area contributed by atoms with E-state index in [9.17, 15) is 14.7 Å². The van der Waals surface area contributed by atoms with Crippen molar-refractivity contribution < 1.29 is 28.5 Å². The fourth-order valence-electron chi connectivity index (χ4n) is 3.82. The van der Waals surface area contributed by atoms with Gasteiger partial charge in [-0.25, -0.2) is 9.59 Å². The molecule has 3 aromatic rings. The molecule has 0 saturated heterocycles. The Morgan fingerprint density at radius 3 is 2.77 bits per heavy atom. The molecule has 0 saturated carbocycles. The number of hydrogen-bond donors (Lipinski definition) is 1. The van der Waals surface area contributed by atoms with Crippen molar-refractivity contribution in [3.8, 4) is 11.5 Å². The highest BCUT2D eigenvalue weighted by atomic mass is 16.7. The predicted molar refractivity (Wildman–Crippen MR) is 113 cm³/mol. The van der Waals surface area contributed by atoms with Crippen LogP contribution in [-0.2, 0) is 9.53 Å². The van der Waals surface area contributed by atoms with Gasteiger partial charge in [0.1, 0.15) is 23.7 Å². The lowest BCUT2D eigenvalue weighted by Crippen LogP contribution is -2.50. The van der Waals surface area contributed by atoms with Crippen molar-refractivity contribution in [2.45, 2.75) is 25.0 Å².